The van der Waals surface area contributed by atoms with Crippen molar-refractivity contribution in [3.8, 4) is 11.8 Å². The SMILES string of the molecule is CC#C[C@H](CC)CCCC. The van der Waals surface area contributed by atoms with Crippen molar-refractivity contribution in [2.75, 3.05) is 0 Å². The zero-order valence-electron chi connectivity index (χ0n) is 7.41. The fraction of sp³-hybridized carbons (Fsp3) is 0.800. The van der Waals surface area contributed by atoms with Crippen LogP contribution in [0.1, 0.15) is 46.5 Å². The van der Waals surface area contributed by atoms with Crippen LogP contribution in [0.3, 0.4) is 0 Å². The van der Waals surface area contributed by atoms with Gasteiger partial charge in [0.05, 0.1) is 0 Å². The predicted molar refractivity (Wildman–Crippen MR) is 46.8 cm³/mol. The van der Waals surface area contributed by atoms with E-state index in [0.717, 1.165) is 0 Å². The highest BCUT2D eigenvalue weighted by atomic mass is 14.0. The Morgan fingerprint density at radius 2 is 2.00 bits per heavy atom. The van der Waals surface area contributed by atoms with Gasteiger partial charge in [-0.1, -0.05) is 26.7 Å². The first-order chi connectivity index (χ1) is 4.85. The molecule has 0 N–H and O–H groups in total. The summed E-state index contributed by atoms with van der Waals surface area (Å²) in [5.41, 5.74) is 0. The minimum absolute atomic E-state index is 0.657. The van der Waals surface area contributed by atoms with Gasteiger partial charge in [0.2, 0.25) is 0 Å². The van der Waals surface area contributed by atoms with Gasteiger partial charge in [-0.25, -0.2) is 0 Å². The van der Waals surface area contributed by atoms with Crippen LogP contribution in [0.25, 0.3) is 0 Å². The molecule has 0 heterocycles. The van der Waals surface area contributed by atoms with Gasteiger partial charge < -0.3 is 0 Å². The lowest BCUT2D eigenvalue weighted by atomic mass is 10.0. The molecular weight excluding hydrogens is 120 g/mol. The molecule has 0 saturated heterocycles. The lowest BCUT2D eigenvalue weighted by molar-refractivity contribution is 0.556. The normalized spacial score (nSPS) is 11.9. The van der Waals surface area contributed by atoms with Crippen molar-refractivity contribution in [1.29, 1.82) is 0 Å². The summed E-state index contributed by atoms with van der Waals surface area (Å²) >= 11 is 0. The summed E-state index contributed by atoms with van der Waals surface area (Å²) in [4.78, 5) is 0. The zero-order chi connectivity index (χ0) is 7.82. The highest BCUT2D eigenvalue weighted by Gasteiger charge is 1.98. The standard InChI is InChI=1S/C10H18/c1-4-7-9-10(6-3)8-5-2/h10H,4,6-7,9H2,1-3H3/t10-/m0/s1. The number of hydrogen-bond acceptors (Lipinski definition) is 0. The smallest absolute Gasteiger partial charge is 0.0200 e. The predicted octanol–water partition coefficient (Wildman–Crippen LogP) is 3.23. The summed E-state index contributed by atoms with van der Waals surface area (Å²) in [5.74, 6) is 6.85. The van der Waals surface area contributed by atoms with Crippen LogP contribution in [0.15, 0.2) is 0 Å². The van der Waals surface area contributed by atoms with E-state index in [0.29, 0.717) is 5.92 Å². The Balaban J connectivity index is 3.46. The van der Waals surface area contributed by atoms with Crippen LogP contribution in [0, 0.1) is 17.8 Å². The molecule has 0 rings (SSSR count). The van der Waals surface area contributed by atoms with Gasteiger partial charge in [0.25, 0.3) is 0 Å². The summed E-state index contributed by atoms with van der Waals surface area (Å²) in [5, 5.41) is 0. The Labute approximate surface area is 65.0 Å². The summed E-state index contributed by atoms with van der Waals surface area (Å²) in [6.07, 6.45) is 5.11. The zero-order valence-corrected chi connectivity index (χ0v) is 7.41. The quantitative estimate of drug-likeness (QED) is 0.523. The second kappa shape index (κ2) is 6.68. The van der Waals surface area contributed by atoms with Crippen molar-refractivity contribution < 1.29 is 0 Å². The molecule has 1 atom stereocenters. The van der Waals surface area contributed by atoms with Crippen molar-refractivity contribution in [2.24, 2.45) is 5.92 Å². The van der Waals surface area contributed by atoms with Gasteiger partial charge in [-0.05, 0) is 19.8 Å². The number of rotatable bonds is 4. The first-order valence-electron chi connectivity index (χ1n) is 4.27. The van der Waals surface area contributed by atoms with E-state index in [2.05, 4.69) is 25.7 Å². The van der Waals surface area contributed by atoms with Crippen LogP contribution in [-0.4, -0.2) is 0 Å². The fourth-order valence-corrected chi connectivity index (χ4v) is 1.03. The summed E-state index contributed by atoms with van der Waals surface area (Å²) in [6, 6.07) is 0. The van der Waals surface area contributed by atoms with Gasteiger partial charge in [-0.15, -0.1) is 11.8 Å². The van der Waals surface area contributed by atoms with E-state index in [1.807, 2.05) is 6.92 Å². The Morgan fingerprint density at radius 1 is 1.30 bits per heavy atom. The summed E-state index contributed by atoms with van der Waals surface area (Å²) in [7, 11) is 0. The highest BCUT2D eigenvalue weighted by molar-refractivity contribution is 5.00. The monoisotopic (exact) mass is 138 g/mol. The highest BCUT2D eigenvalue weighted by Crippen LogP contribution is 2.10. The molecule has 0 aliphatic carbocycles. The van der Waals surface area contributed by atoms with E-state index < -0.39 is 0 Å². The maximum atomic E-state index is 3.22. The molecule has 0 nitrogen and oxygen atoms in total. The second-order valence-corrected chi connectivity index (χ2v) is 2.64. The van der Waals surface area contributed by atoms with Crippen LogP contribution in [-0.2, 0) is 0 Å². The molecule has 0 fully saturated rings. The molecule has 0 aromatic carbocycles. The van der Waals surface area contributed by atoms with Gasteiger partial charge >= 0.3 is 0 Å². The van der Waals surface area contributed by atoms with E-state index in [4.69, 9.17) is 0 Å². The molecular formula is C10H18. The van der Waals surface area contributed by atoms with Crippen LogP contribution in [0.2, 0.25) is 0 Å². The molecule has 58 valence electrons. The molecule has 0 aliphatic rings. The summed E-state index contributed by atoms with van der Waals surface area (Å²) < 4.78 is 0. The third-order valence-electron chi connectivity index (χ3n) is 1.75. The maximum Gasteiger partial charge on any atom is 0.0200 e. The molecule has 0 radical (unpaired) electrons. The third kappa shape index (κ3) is 4.44. The van der Waals surface area contributed by atoms with Gasteiger partial charge in [0, 0.05) is 5.92 Å². The largest absolute Gasteiger partial charge is 0.106 e. The Kier molecular flexibility index (Phi) is 6.38. The van der Waals surface area contributed by atoms with Gasteiger partial charge in [-0.3, -0.25) is 0 Å². The second-order valence-electron chi connectivity index (χ2n) is 2.64. The molecule has 0 aromatic heterocycles. The molecule has 0 aromatic rings. The van der Waals surface area contributed by atoms with E-state index in [9.17, 15) is 0 Å². The van der Waals surface area contributed by atoms with Crippen LogP contribution in [0.5, 0.6) is 0 Å². The van der Waals surface area contributed by atoms with Gasteiger partial charge in [-0.2, -0.15) is 0 Å². The average Bonchev–Trinajstić information content (AvgIpc) is 1.98. The maximum absolute atomic E-state index is 3.22. The minimum Gasteiger partial charge on any atom is -0.106 e. The van der Waals surface area contributed by atoms with E-state index in [1.54, 1.807) is 0 Å². The van der Waals surface area contributed by atoms with Crippen LogP contribution >= 0.6 is 0 Å². The van der Waals surface area contributed by atoms with Crippen molar-refractivity contribution in [2.45, 2.75) is 46.5 Å². The first kappa shape index (κ1) is 9.56. The first-order valence-corrected chi connectivity index (χ1v) is 4.27. The molecule has 0 unspecified atom stereocenters. The lowest BCUT2D eigenvalue weighted by Gasteiger charge is -2.04. The lowest BCUT2D eigenvalue weighted by Crippen LogP contribution is -1.93. The Hall–Kier alpha value is -0.440. The van der Waals surface area contributed by atoms with Gasteiger partial charge in [0.1, 0.15) is 0 Å². The number of unbranched alkanes of at least 4 members (excludes halogenated alkanes) is 1. The molecule has 0 aliphatic heterocycles. The van der Waals surface area contributed by atoms with E-state index >= 15 is 0 Å². The molecule has 0 spiro atoms. The van der Waals surface area contributed by atoms with Crippen LogP contribution < -0.4 is 0 Å². The third-order valence-corrected chi connectivity index (χ3v) is 1.75. The van der Waals surface area contributed by atoms with Crippen molar-refractivity contribution >= 4 is 0 Å². The Bertz CT molecular complexity index is 114. The minimum atomic E-state index is 0.657. The van der Waals surface area contributed by atoms with E-state index in [1.165, 1.54) is 25.7 Å². The Morgan fingerprint density at radius 3 is 2.40 bits per heavy atom. The molecule has 0 amide bonds. The van der Waals surface area contributed by atoms with Gasteiger partial charge in [0.15, 0.2) is 0 Å². The van der Waals surface area contributed by atoms with Crippen molar-refractivity contribution in [1.82, 2.24) is 0 Å². The van der Waals surface area contributed by atoms with Crippen molar-refractivity contribution in [3.63, 3.8) is 0 Å². The van der Waals surface area contributed by atoms with Crippen LogP contribution in [0.4, 0.5) is 0 Å². The molecule has 10 heavy (non-hydrogen) atoms. The topological polar surface area (TPSA) is 0 Å². The molecule has 0 saturated carbocycles. The average molecular weight is 138 g/mol. The summed E-state index contributed by atoms with van der Waals surface area (Å²) in [6.45, 7) is 6.37. The fourth-order valence-electron chi connectivity index (χ4n) is 1.03. The van der Waals surface area contributed by atoms with Crippen molar-refractivity contribution in [3.05, 3.63) is 0 Å². The molecule has 0 heteroatoms. The molecule has 0 bridgehead atoms. The van der Waals surface area contributed by atoms with E-state index in [-0.39, 0.29) is 0 Å². The number of hydrogen-bond donors (Lipinski definition) is 0.